The molecule has 4 nitrogen and oxygen atoms in total. The first-order valence-electron chi connectivity index (χ1n) is 7.91. The molecule has 1 aliphatic rings. The molecule has 1 amide bonds. The first-order chi connectivity index (χ1) is 11.0. The van der Waals surface area contributed by atoms with Gasteiger partial charge in [0.1, 0.15) is 0 Å². The number of hydrogen-bond donors (Lipinski definition) is 1. The van der Waals surface area contributed by atoms with Crippen LogP contribution < -0.4 is 5.32 Å². The molecule has 1 saturated carbocycles. The van der Waals surface area contributed by atoms with E-state index in [-0.39, 0.29) is 18.9 Å². The Bertz CT molecular complexity index is 557. The Kier molecular flexibility index (Phi) is 7.18. The fraction of sp³-hybridized carbons (Fsp3) is 0.529. The zero-order chi connectivity index (χ0) is 16.7. The number of rotatable bonds is 6. The van der Waals surface area contributed by atoms with Crippen molar-refractivity contribution in [1.82, 2.24) is 5.32 Å². The third-order valence-electron chi connectivity index (χ3n) is 4.01. The molecule has 0 aromatic heterocycles. The molecule has 1 aromatic rings. The van der Waals surface area contributed by atoms with Crippen LogP contribution in [0.2, 0.25) is 10.0 Å². The fourth-order valence-electron chi connectivity index (χ4n) is 2.71. The molecule has 1 fully saturated rings. The normalized spacial score (nSPS) is 15.2. The van der Waals surface area contributed by atoms with Crippen molar-refractivity contribution in [2.45, 2.75) is 38.5 Å². The Hall–Kier alpha value is -1.26. The lowest BCUT2D eigenvalue weighted by atomic mass is 9.89. The molecule has 23 heavy (non-hydrogen) atoms. The Balaban J connectivity index is 1.66. The minimum Gasteiger partial charge on any atom is -0.455 e. The third kappa shape index (κ3) is 6.40. The molecule has 1 aliphatic carbocycles. The highest BCUT2D eigenvalue weighted by Crippen LogP contribution is 2.23. The van der Waals surface area contributed by atoms with Gasteiger partial charge in [-0.25, -0.2) is 0 Å². The van der Waals surface area contributed by atoms with Gasteiger partial charge in [-0.1, -0.05) is 48.5 Å². The summed E-state index contributed by atoms with van der Waals surface area (Å²) in [6.07, 6.45) is 6.15. The first-order valence-corrected chi connectivity index (χ1v) is 8.66. The highest BCUT2D eigenvalue weighted by molar-refractivity contribution is 6.42. The van der Waals surface area contributed by atoms with Gasteiger partial charge in [0.2, 0.25) is 0 Å². The number of hydrogen-bond acceptors (Lipinski definition) is 3. The minimum absolute atomic E-state index is 0.0623. The van der Waals surface area contributed by atoms with Crippen molar-refractivity contribution in [2.24, 2.45) is 5.92 Å². The summed E-state index contributed by atoms with van der Waals surface area (Å²) in [6.45, 7) is 0.427. The lowest BCUT2D eigenvalue weighted by Gasteiger charge is -2.21. The van der Waals surface area contributed by atoms with E-state index < -0.39 is 5.97 Å². The quantitative estimate of drug-likeness (QED) is 0.788. The zero-order valence-electron chi connectivity index (χ0n) is 12.9. The van der Waals surface area contributed by atoms with Crippen molar-refractivity contribution in [1.29, 1.82) is 0 Å². The van der Waals surface area contributed by atoms with Crippen LogP contribution in [0.1, 0.15) is 37.7 Å². The number of carbonyl (C=O) groups excluding carboxylic acids is 2. The molecule has 1 N–H and O–H groups in total. The molecule has 0 spiro atoms. The molecule has 0 radical (unpaired) electrons. The number of amides is 1. The molecule has 2 rings (SSSR count). The van der Waals surface area contributed by atoms with Gasteiger partial charge in [-0.05, 0) is 36.5 Å². The second-order valence-corrected chi connectivity index (χ2v) is 6.71. The van der Waals surface area contributed by atoms with Crippen LogP contribution in [0, 0.1) is 5.92 Å². The number of benzene rings is 1. The third-order valence-corrected chi connectivity index (χ3v) is 4.75. The molecule has 0 aliphatic heterocycles. The smallest absolute Gasteiger partial charge is 0.310 e. The predicted octanol–water partition coefficient (Wildman–Crippen LogP) is 3.78. The number of carbonyl (C=O) groups is 2. The number of esters is 1. The minimum atomic E-state index is -0.462. The second kappa shape index (κ2) is 9.14. The van der Waals surface area contributed by atoms with Crippen molar-refractivity contribution in [3.8, 4) is 0 Å². The predicted molar refractivity (Wildman–Crippen MR) is 90.7 cm³/mol. The summed E-state index contributed by atoms with van der Waals surface area (Å²) < 4.78 is 4.99. The molecule has 0 unspecified atom stereocenters. The number of nitrogens with one attached hydrogen (secondary N) is 1. The van der Waals surface area contributed by atoms with Crippen LogP contribution in [0.5, 0.6) is 0 Å². The van der Waals surface area contributed by atoms with E-state index in [1.807, 2.05) is 0 Å². The SMILES string of the molecule is O=C(COC(=O)Cc1ccc(Cl)c(Cl)c1)NCC1CCCCC1. The van der Waals surface area contributed by atoms with Crippen molar-refractivity contribution in [3.63, 3.8) is 0 Å². The molecular weight excluding hydrogens is 337 g/mol. The van der Waals surface area contributed by atoms with Crippen LogP contribution in [0.3, 0.4) is 0 Å². The lowest BCUT2D eigenvalue weighted by Crippen LogP contribution is -2.33. The lowest BCUT2D eigenvalue weighted by molar-refractivity contribution is -0.147. The Labute approximate surface area is 146 Å². The topological polar surface area (TPSA) is 55.4 Å². The monoisotopic (exact) mass is 357 g/mol. The average Bonchev–Trinajstić information content (AvgIpc) is 2.55. The maximum atomic E-state index is 11.7. The van der Waals surface area contributed by atoms with E-state index in [9.17, 15) is 9.59 Å². The van der Waals surface area contributed by atoms with Gasteiger partial charge < -0.3 is 10.1 Å². The molecule has 0 saturated heterocycles. The summed E-state index contributed by atoms with van der Waals surface area (Å²) in [6, 6.07) is 4.95. The van der Waals surface area contributed by atoms with Crippen LogP contribution in [-0.2, 0) is 20.7 Å². The van der Waals surface area contributed by atoms with Crippen LogP contribution >= 0.6 is 23.2 Å². The van der Waals surface area contributed by atoms with Gasteiger partial charge in [0.25, 0.3) is 5.91 Å². The summed E-state index contributed by atoms with van der Waals surface area (Å²) in [5.41, 5.74) is 0.701. The second-order valence-electron chi connectivity index (χ2n) is 5.89. The zero-order valence-corrected chi connectivity index (χ0v) is 14.5. The van der Waals surface area contributed by atoms with Crippen molar-refractivity contribution >= 4 is 35.1 Å². The maximum absolute atomic E-state index is 11.7. The fourth-order valence-corrected chi connectivity index (χ4v) is 3.03. The van der Waals surface area contributed by atoms with E-state index in [1.165, 1.54) is 19.3 Å². The van der Waals surface area contributed by atoms with Crippen LogP contribution in [0.15, 0.2) is 18.2 Å². The van der Waals surface area contributed by atoms with Gasteiger partial charge in [-0.2, -0.15) is 0 Å². The maximum Gasteiger partial charge on any atom is 0.310 e. The molecule has 1 aromatic carbocycles. The first kappa shape index (κ1) is 18.1. The van der Waals surface area contributed by atoms with E-state index in [0.29, 0.717) is 28.1 Å². The van der Waals surface area contributed by atoms with E-state index in [4.69, 9.17) is 27.9 Å². The summed E-state index contributed by atoms with van der Waals surface area (Å²) in [5, 5.41) is 3.66. The van der Waals surface area contributed by atoms with Gasteiger partial charge in [0.05, 0.1) is 16.5 Å². The highest BCUT2D eigenvalue weighted by Gasteiger charge is 2.15. The van der Waals surface area contributed by atoms with Crippen molar-refractivity contribution in [3.05, 3.63) is 33.8 Å². The molecule has 126 valence electrons. The summed E-state index contributed by atoms with van der Waals surface area (Å²) in [5.74, 6) is -0.158. The van der Waals surface area contributed by atoms with Gasteiger partial charge in [0.15, 0.2) is 6.61 Å². The van der Waals surface area contributed by atoms with Crippen LogP contribution in [0.25, 0.3) is 0 Å². The van der Waals surface area contributed by atoms with Gasteiger partial charge in [-0.3, -0.25) is 9.59 Å². The van der Waals surface area contributed by atoms with Crippen molar-refractivity contribution < 1.29 is 14.3 Å². The molecule has 0 atom stereocenters. The Morgan fingerprint density at radius 3 is 2.57 bits per heavy atom. The standard InChI is InChI=1S/C17H21Cl2NO3/c18-14-7-6-13(8-15(14)19)9-17(22)23-11-16(21)20-10-12-4-2-1-3-5-12/h6-8,12H,1-5,9-11H2,(H,20,21). The number of ether oxygens (including phenoxy) is 1. The molecule has 0 heterocycles. The van der Waals surface area contributed by atoms with Gasteiger partial charge >= 0.3 is 5.97 Å². The van der Waals surface area contributed by atoms with Crippen LogP contribution in [0.4, 0.5) is 0 Å². The summed E-state index contributed by atoms with van der Waals surface area (Å²) in [4.78, 5) is 23.5. The average molecular weight is 358 g/mol. The highest BCUT2D eigenvalue weighted by atomic mass is 35.5. The van der Waals surface area contributed by atoms with Gasteiger partial charge in [0, 0.05) is 6.54 Å². The van der Waals surface area contributed by atoms with E-state index in [0.717, 1.165) is 12.8 Å². The molecular formula is C17H21Cl2NO3. The van der Waals surface area contributed by atoms with E-state index in [2.05, 4.69) is 5.32 Å². The van der Waals surface area contributed by atoms with Gasteiger partial charge in [-0.15, -0.1) is 0 Å². The largest absolute Gasteiger partial charge is 0.455 e. The Morgan fingerprint density at radius 2 is 1.87 bits per heavy atom. The van der Waals surface area contributed by atoms with E-state index in [1.54, 1.807) is 18.2 Å². The molecule has 6 heteroatoms. The summed E-state index contributed by atoms with van der Waals surface area (Å²) in [7, 11) is 0. The molecule has 0 bridgehead atoms. The van der Waals surface area contributed by atoms with E-state index >= 15 is 0 Å². The number of halogens is 2. The van der Waals surface area contributed by atoms with Crippen molar-refractivity contribution in [2.75, 3.05) is 13.2 Å². The van der Waals surface area contributed by atoms with Crippen LogP contribution in [-0.4, -0.2) is 25.0 Å². The summed E-state index contributed by atoms with van der Waals surface area (Å²) >= 11 is 11.7. The Morgan fingerprint density at radius 1 is 1.13 bits per heavy atom.